The van der Waals surface area contributed by atoms with Gasteiger partial charge >= 0.3 is 0 Å². The molecule has 8 heteroatoms. The standard InChI is InChI=1S/C24H27N7O/c1-16-12-17(2)28-24(27-16)31-19(4)22(18(3)29-31)13-23(32)25-14-20-6-8-21(9-7-20)15-30-11-5-10-26-30/h5-12H,13-15H2,1-4H3,(H,25,32). The van der Waals surface area contributed by atoms with Gasteiger partial charge in [0.1, 0.15) is 0 Å². The van der Waals surface area contributed by atoms with Gasteiger partial charge in [-0.1, -0.05) is 24.3 Å². The Hall–Kier alpha value is -3.81. The summed E-state index contributed by atoms with van der Waals surface area (Å²) in [7, 11) is 0. The molecule has 1 N–H and O–H groups in total. The molecule has 0 aliphatic heterocycles. The number of benzene rings is 1. The van der Waals surface area contributed by atoms with Crippen LogP contribution in [0, 0.1) is 27.7 Å². The second-order valence-corrected chi connectivity index (χ2v) is 7.99. The van der Waals surface area contributed by atoms with E-state index in [9.17, 15) is 4.79 Å². The lowest BCUT2D eigenvalue weighted by Crippen LogP contribution is -2.25. The summed E-state index contributed by atoms with van der Waals surface area (Å²) in [4.78, 5) is 21.6. The predicted octanol–water partition coefficient (Wildman–Crippen LogP) is 3.00. The number of amides is 1. The molecule has 0 radical (unpaired) electrons. The van der Waals surface area contributed by atoms with Crippen LogP contribution in [-0.2, 0) is 24.3 Å². The molecule has 0 aliphatic carbocycles. The first-order chi connectivity index (χ1) is 15.4. The summed E-state index contributed by atoms with van der Waals surface area (Å²) in [5, 5.41) is 11.8. The fraction of sp³-hybridized carbons (Fsp3) is 0.292. The van der Waals surface area contributed by atoms with Crippen LogP contribution in [-0.4, -0.2) is 35.4 Å². The SMILES string of the molecule is Cc1cc(C)nc(-n2nc(C)c(CC(=O)NCc3ccc(Cn4cccn4)cc3)c2C)n1. The van der Waals surface area contributed by atoms with Crippen LogP contribution in [0.15, 0.2) is 48.8 Å². The summed E-state index contributed by atoms with van der Waals surface area (Å²) < 4.78 is 3.60. The number of carbonyl (C=O) groups is 1. The van der Waals surface area contributed by atoms with E-state index in [1.807, 2.05) is 62.8 Å². The van der Waals surface area contributed by atoms with Crippen molar-refractivity contribution in [2.45, 2.75) is 47.2 Å². The average molecular weight is 430 g/mol. The van der Waals surface area contributed by atoms with E-state index >= 15 is 0 Å². The number of aromatic nitrogens is 6. The van der Waals surface area contributed by atoms with Crippen molar-refractivity contribution in [3.63, 3.8) is 0 Å². The summed E-state index contributed by atoms with van der Waals surface area (Å²) in [6, 6.07) is 12.0. The smallest absolute Gasteiger partial charge is 0.251 e. The van der Waals surface area contributed by atoms with Crippen LogP contribution in [0.1, 0.15) is 39.5 Å². The maximum Gasteiger partial charge on any atom is 0.251 e. The first-order valence-electron chi connectivity index (χ1n) is 10.6. The van der Waals surface area contributed by atoms with Gasteiger partial charge in [-0.25, -0.2) is 14.6 Å². The van der Waals surface area contributed by atoms with E-state index < -0.39 is 0 Å². The highest BCUT2D eigenvalue weighted by molar-refractivity contribution is 5.79. The van der Waals surface area contributed by atoms with Gasteiger partial charge in [0, 0.05) is 41.6 Å². The number of carbonyl (C=O) groups excluding carboxylic acids is 1. The molecule has 8 nitrogen and oxygen atoms in total. The molecule has 1 amide bonds. The van der Waals surface area contributed by atoms with Crippen LogP contribution in [0.2, 0.25) is 0 Å². The lowest BCUT2D eigenvalue weighted by atomic mass is 10.1. The molecule has 0 aliphatic rings. The summed E-state index contributed by atoms with van der Waals surface area (Å²) >= 11 is 0. The second-order valence-electron chi connectivity index (χ2n) is 7.99. The van der Waals surface area contributed by atoms with Gasteiger partial charge in [0.2, 0.25) is 5.91 Å². The van der Waals surface area contributed by atoms with Crippen molar-refractivity contribution >= 4 is 5.91 Å². The zero-order valence-corrected chi connectivity index (χ0v) is 18.8. The molecule has 0 atom stereocenters. The first-order valence-corrected chi connectivity index (χ1v) is 10.6. The second kappa shape index (κ2) is 9.13. The Morgan fingerprint density at radius 3 is 2.34 bits per heavy atom. The normalized spacial score (nSPS) is 11.0. The molecule has 4 aromatic rings. The van der Waals surface area contributed by atoms with Crippen LogP contribution in [0.3, 0.4) is 0 Å². The largest absolute Gasteiger partial charge is 0.352 e. The van der Waals surface area contributed by atoms with Crippen molar-refractivity contribution < 1.29 is 4.79 Å². The summed E-state index contributed by atoms with van der Waals surface area (Å²) in [6.07, 6.45) is 3.97. The van der Waals surface area contributed by atoms with E-state index in [1.165, 1.54) is 0 Å². The summed E-state index contributed by atoms with van der Waals surface area (Å²) in [5.74, 6) is 0.489. The first kappa shape index (κ1) is 21.4. The molecule has 164 valence electrons. The number of aryl methyl sites for hydroxylation is 3. The Labute approximate surface area is 187 Å². The van der Waals surface area contributed by atoms with Gasteiger partial charge in [-0.15, -0.1) is 0 Å². The highest BCUT2D eigenvalue weighted by Gasteiger charge is 2.17. The molecule has 0 saturated carbocycles. The highest BCUT2D eigenvalue weighted by Crippen LogP contribution is 2.17. The quantitative estimate of drug-likeness (QED) is 0.488. The van der Waals surface area contributed by atoms with Gasteiger partial charge in [-0.3, -0.25) is 9.48 Å². The van der Waals surface area contributed by atoms with Gasteiger partial charge in [-0.2, -0.15) is 10.2 Å². The molecule has 0 unspecified atom stereocenters. The Morgan fingerprint density at radius 1 is 1.00 bits per heavy atom. The van der Waals surface area contributed by atoms with E-state index in [-0.39, 0.29) is 12.3 Å². The monoisotopic (exact) mass is 429 g/mol. The predicted molar refractivity (Wildman–Crippen MR) is 121 cm³/mol. The van der Waals surface area contributed by atoms with Gasteiger partial charge < -0.3 is 5.32 Å². The molecule has 0 saturated heterocycles. The van der Waals surface area contributed by atoms with Crippen LogP contribution in [0.25, 0.3) is 5.95 Å². The maximum absolute atomic E-state index is 12.6. The van der Waals surface area contributed by atoms with E-state index in [0.29, 0.717) is 12.5 Å². The third-order valence-corrected chi connectivity index (χ3v) is 5.35. The Balaban J connectivity index is 1.38. The van der Waals surface area contributed by atoms with E-state index in [4.69, 9.17) is 0 Å². The van der Waals surface area contributed by atoms with E-state index in [0.717, 1.165) is 46.0 Å². The summed E-state index contributed by atoms with van der Waals surface area (Å²) in [5.41, 5.74) is 6.57. The molecule has 32 heavy (non-hydrogen) atoms. The number of nitrogens with zero attached hydrogens (tertiary/aromatic N) is 6. The Morgan fingerprint density at radius 2 is 1.69 bits per heavy atom. The molecule has 0 fully saturated rings. The Bertz CT molecular complexity index is 1200. The number of nitrogens with one attached hydrogen (secondary N) is 1. The molecule has 0 spiro atoms. The van der Waals surface area contributed by atoms with Crippen LogP contribution in [0.4, 0.5) is 0 Å². The average Bonchev–Trinajstić information content (AvgIpc) is 3.36. The zero-order valence-electron chi connectivity index (χ0n) is 18.8. The number of rotatable bonds is 7. The van der Waals surface area contributed by atoms with Crippen LogP contribution < -0.4 is 5.32 Å². The van der Waals surface area contributed by atoms with E-state index in [1.54, 1.807) is 10.9 Å². The minimum absolute atomic E-state index is 0.0438. The van der Waals surface area contributed by atoms with Crippen molar-refractivity contribution in [3.05, 3.63) is 88.3 Å². The van der Waals surface area contributed by atoms with Gasteiger partial charge in [0.25, 0.3) is 5.95 Å². The van der Waals surface area contributed by atoms with Crippen molar-refractivity contribution in [2.75, 3.05) is 0 Å². The van der Waals surface area contributed by atoms with Crippen molar-refractivity contribution in [3.8, 4) is 5.95 Å². The van der Waals surface area contributed by atoms with Gasteiger partial charge in [-0.05, 0) is 51.0 Å². The molecule has 4 rings (SSSR count). The van der Waals surface area contributed by atoms with Crippen molar-refractivity contribution in [1.82, 2.24) is 34.8 Å². The highest BCUT2D eigenvalue weighted by atomic mass is 16.1. The minimum Gasteiger partial charge on any atom is -0.352 e. The lowest BCUT2D eigenvalue weighted by Gasteiger charge is -2.08. The number of hydrogen-bond acceptors (Lipinski definition) is 5. The molecular formula is C24H27N7O. The molecule has 3 aromatic heterocycles. The Kier molecular flexibility index (Phi) is 6.11. The molecule has 1 aromatic carbocycles. The molecule has 0 bridgehead atoms. The van der Waals surface area contributed by atoms with E-state index in [2.05, 4.69) is 37.6 Å². The third kappa shape index (κ3) is 4.91. The van der Waals surface area contributed by atoms with Gasteiger partial charge in [0.05, 0.1) is 18.7 Å². The van der Waals surface area contributed by atoms with Crippen molar-refractivity contribution in [1.29, 1.82) is 0 Å². The maximum atomic E-state index is 12.6. The van der Waals surface area contributed by atoms with Crippen molar-refractivity contribution in [2.24, 2.45) is 0 Å². The minimum atomic E-state index is -0.0438. The zero-order chi connectivity index (χ0) is 22.7. The van der Waals surface area contributed by atoms with Gasteiger partial charge in [0.15, 0.2) is 0 Å². The fourth-order valence-electron chi connectivity index (χ4n) is 3.69. The molecular weight excluding hydrogens is 402 g/mol. The topological polar surface area (TPSA) is 90.5 Å². The number of hydrogen-bond donors (Lipinski definition) is 1. The fourth-order valence-corrected chi connectivity index (χ4v) is 3.69. The third-order valence-electron chi connectivity index (χ3n) is 5.35. The molecule has 3 heterocycles. The van der Waals surface area contributed by atoms with Crippen LogP contribution >= 0.6 is 0 Å². The van der Waals surface area contributed by atoms with Crippen LogP contribution in [0.5, 0.6) is 0 Å². The summed E-state index contributed by atoms with van der Waals surface area (Å²) in [6.45, 7) is 8.93. The lowest BCUT2D eigenvalue weighted by molar-refractivity contribution is -0.120.